The molecule has 0 radical (unpaired) electrons. The van der Waals surface area contributed by atoms with Crippen LogP contribution < -0.4 is 0 Å². The highest BCUT2D eigenvalue weighted by molar-refractivity contribution is 5.71. The van der Waals surface area contributed by atoms with E-state index >= 15 is 0 Å². The molecular formula is C12H23NO2. The number of aliphatic carboxylic acids is 1. The summed E-state index contributed by atoms with van der Waals surface area (Å²) in [5.41, 5.74) is 0. The van der Waals surface area contributed by atoms with Gasteiger partial charge < -0.3 is 10.0 Å². The summed E-state index contributed by atoms with van der Waals surface area (Å²) in [6.07, 6.45) is 4.03. The van der Waals surface area contributed by atoms with E-state index < -0.39 is 5.97 Å². The van der Waals surface area contributed by atoms with Gasteiger partial charge in [0.15, 0.2) is 0 Å². The van der Waals surface area contributed by atoms with Crippen molar-refractivity contribution in [2.24, 2.45) is 11.8 Å². The number of carbonyl (C=O) groups is 1. The standard InChI is InChI=1S/C12H23NO2/c1-4-7-13(3)11-8-9(2)5-6-10(11)12(14)15/h9-11H,4-8H2,1-3H3,(H,14,15). The van der Waals surface area contributed by atoms with Crippen LogP contribution in [0.4, 0.5) is 0 Å². The largest absolute Gasteiger partial charge is 0.481 e. The molecule has 0 saturated heterocycles. The Labute approximate surface area is 92.5 Å². The van der Waals surface area contributed by atoms with Gasteiger partial charge in [0.05, 0.1) is 5.92 Å². The average Bonchev–Trinajstić information content (AvgIpc) is 2.17. The summed E-state index contributed by atoms with van der Waals surface area (Å²) >= 11 is 0. The molecule has 1 aliphatic rings. The van der Waals surface area contributed by atoms with Crippen LogP contribution in [-0.4, -0.2) is 35.6 Å². The first-order valence-corrected chi connectivity index (χ1v) is 5.99. The van der Waals surface area contributed by atoms with Gasteiger partial charge in [0.25, 0.3) is 0 Å². The Morgan fingerprint density at radius 2 is 2.13 bits per heavy atom. The zero-order valence-corrected chi connectivity index (χ0v) is 10.1. The lowest BCUT2D eigenvalue weighted by molar-refractivity contribution is -0.145. The van der Waals surface area contributed by atoms with E-state index in [9.17, 15) is 9.90 Å². The van der Waals surface area contributed by atoms with E-state index in [2.05, 4.69) is 25.8 Å². The Balaban J connectivity index is 2.65. The Morgan fingerprint density at radius 1 is 1.47 bits per heavy atom. The Kier molecular flexibility index (Phi) is 4.58. The lowest BCUT2D eigenvalue weighted by atomic mass is 9.78. The van der Waals surface area contributed by atoms with Crippen LogP contribution in [0.1, 0.15) is 39.5 Å². The molecule has 1 saturated carbocycles. The smallest absolute Gasteiger partial charge is 0.308 e. The molecule has 0 aromatic carbocycles. The summed E-state index contributed by atoms with van der Waals surface area (Å²) in [6, 6.07) is 0.242. The molecule has 0 aromatic heterocycles. The zero-order valence-electron chi connectivity index (χ0n) is 10.1. The minimum absolute atomic E-state index is 0.155. The number of carboxylic acid groups (broad SMARTS) is 1. The fourth-order valence-electron chi connectivity index (χ4n) is 2.64. The van der Waals surface area contributed by atoms with Crippen molar-refractivity contribution in [2.45, 2.75) is 45.6 Å². The maximum Gasteiger partial charge on any atom is 0.308 e. The highest BCUT2D eigenvalue weighted by Gasteiger charge is 2.35. The van der Waals surface area contributed by atoms with Crippen molar-refractivity contribution in [2.75, 3.05) is 13.6 Å². The van der Waals surface area contributed by atoms with Gasteiger partial charge in [-0.2, -0.15) is 0 Å². The number of rotatable bonds is 4. The SMILES string of the molecule is CCCN(C)C1CC(C)CCC1C(=O)O. The minimum atomic E-state index is -0.616. The molecule has 1 rings (SSSR count). The molecule has 0 heterocycles. The predicted molar refractivity (Wildman–Crippen MR) is 60.8 cm³/mol. The number of hydrogen-bond acceptors (Lipinski definition) is 2. The summed E-state index contributed by atoms with van der Waals surface area (Å²) in [6.45, 7) is 5.37. The molecule has 0 spiro atoms. The monoisotopic (exact) mass is 213 g/mol. The first kappa shape index (κ1) is 12.5. The van der Waals surface area contributed by atoms with E-state index in [1.807, 2.05) is 0 Å². The maximum absolute atomic E-state index is 11.2. The van der Waals surface area contributed by atoms with E-state index in [1.54, 1.807) is 0 Å². The second kappa shape index (κ2) is 5.50. The summed E-state index contributed by atoms with van der Waals surface area (Å²) in [5, 5.41) is 9.19. The molecule has 1 fully saturated rings. The third kappa shape index (κ3) is 3.20. The summed E-state index contributed by atoms with van der Waals surface area (Å²) in [4.78, 5) is 13.4. The fraction of sp³-hybridized carbons (Fsp3) is 0.917. The van der Waals surface area contributed by atoms with E-state index in [1.165, 1.54) is 0 Å². The second-order valence-corrected chi connectivity index (χ2v) is 4.91. The Hall–Kier alpha value is -0.570. The molecule has 0 bridgehead atoms. The van der Waals surface area contributed by atoms with E-state index in [0.29, 0.717) is 5.92 Å². The Morgan fingerprint density at radius 3 is 2.67 bits per heavy atom. The lowest BCUT2D eigenvalue weighted by Gasteiger charge is -2.38. The van der Waals surface area contributed by atoms with Crippen LogP contribution in [0.2, 0.25) is 0 Å². The third-order valence-corrected chi connectivity index (χ3v) is 3.54. The number of nitrogens with zero attached hydrogens (tertiary/aromatic N) is 1. The summed E-state index contributed by atoms with van der Waals surface area (Å²) in [7, 11) is 2.06. The van der Waals surface area contributed by atoms with Crippen LogP contribution in [0.15, 0.2) is 0 Å². The Bertz CT molecular complexity index is 218. The van der Waals surface area contributed by atoms with Gasteiger partial charge in [0, 0.05) is 6.04 Å². The highest BCUT2D eigenvalue weighted by Crippen LogP contribution is 2.31. The van der Waals surface area contributed by atoms with Gasteiger partial charge in [0.1, 0.15) is 0 Å². The average molecular weight is 213 g/mol. The molecule has 3 heteroatoms. The molecule has 15 heavy (non-hydrogen) atoms. The fourth-order valence-corrected chi connectivity index (χ4v) is 2.64. The van der Waals surface area contributed by atoms with E-state index in [-0.39, 0.29) is 12.0 Å². The van der Waals surface area contributed by atoms with Crippen LogP contribution in [0, 0.1) is 11.8 Å². The van der Waals surface area contributed by atoms with Gasteiger partial charge in [-0.3, -0.25) is 4.79 Å². The predicted octanol–water partition coefficient (Wildman–Crippen LogP) is 2.22. The molecule has 1 aliphatic carbocycles. The molecule has 88 valence electrons. The second-order valence-electron chi connectivity index (χ2n) is 4.91. The van der Waals surface area contributed by atoms with Crippen LogP contribution >= 0.6 is 0 Å². The normalized spacial score (nSPS) is 31.9. The van der Waals surface area contributed by atoms with Crippen LogP contribution in [0.5, 0.6) is 0 Å². The molecule has 3 atom stereocenters. The van der Waals surface area contributed by atoms with Gasteiger partial charge in [-0.25, -0.2) is 0 Å². The molecule has 1 N–H and O–H groups in total. The van der Waals surface area contributed by atoms with Crippen molar-refractivity contribution in [1.82, 2.24) is 4.90 Å². The zero-order chi connectivity index (χ0) is 11.4. The minimum Gasteiger partial charge on any atom is -0.481 e. The van der Waals surface area contributed by atoms with Gasteiger partial charge in [-0.15, -0.1) is 0 Å². The van der Waals surface area contributed by atoms with Crippen molar-refractivity contribution >= 4 is 5.97 Å². The third-order valence-electron chi connectivity index (χ3n) is 3.54. The van der Waals surface area contributed by atoms with E-state index in [4.69, 9.17) is 0 Å². The van der Waals surface area contributed by atoms with Gasteiger partial charge >= 0.3 is 5.97 Å². The van der Waals surface area contributed by atoms with Crippen LogP contribution in [0.3, 0.4) is 0 Å². The first-order chi connectivity index (χ1) is 7.06. The molecule has 0 amide bonds. The molecule has 0 aliphatic heterocycles. The van der Waals surface area contributed by atoms with Crippen molar-refractivity contribution in [3.05, 3.63) is 0 Å². The van der Waals surface area contributed by atoms with Crippen molar-refractivity contribution in [3.8, 4) is 0 Å². The van der Waals surface area contributed by atoms with Crippen molar-refractivity contribution < 1.29 is 9.90 Å². The topological polar surface area (TPSA) is 40.5 Å². The lowest BCUT2D eigenvalue weighted by Crippen LogP contribution is -2.45. The number of hydrogen-bond donors (Lipinski definition) is 1. The molecule has 3 unspecified atom stereocenters. The van der Waals surface area contributed by atoms with Gasteiger partial charge in [-0.1, -0.05) is 13.8 Å². The van der Waals surface area contributed by atoms with Crippen LogP contribution in [-0.2, 0) is 4.79 Å². The molecular weight excluding hydrogens is 190 g/mol. The molecule has 0 aromatic rings. The van der Waals surface area contributed by atoms with E-state index in [0.717, 1.165) is 32.2 Å². The van der Waals surface area contributed by atoms with Crippen molar-refractivity contribution in [3.63, 3.8) is 0 Å². The quantitative estimate of drug-likeness (QED) is 0.778. The first-order valence-electron chi connectivity index (χ1n) is 5.99. The van der Waals surface area contributed by atoms with Crippen LogP contribution in [0.25, 0.3) is 0 Å². The van der Waals surface area contributed by atoms with Crippen molar-refractivity contribution in [1.29, 1.82) is 0 Å². The molecule has 3 nitrogen and oxygen atoms in total. The highest BCUT2D eigenvalue weighted by atomic mass is 16.4. The maximum atomic E-state index is 11.2. The summed E-state index contributed by atoms with van der Waals surface area (Å²) in [5.74, 6) is -0.0995. The van der Waals surface area contributed by atoms with Gasteiger partial charge in [-0.05, 0) is 45.2 Å². The number of carboxylic acids is 1. The summed E-state index contributed by atoms with van der Waals surface area (Å²) < 4.78 is 0. The van der Waals surface area contributed by atoms with Gasteiger partial charge in [0.2, 0.25) is 0 Å².